The fraction of sp³-hybridized carbons (Fsp3) is 0.182. The van der Waals surface area contributed by atoms with E-state index in [1.165, 1.54) is 6.20 Å². The van der Waals surface area contributed by atoms with Gasteiger partial charge in [-0.05, 0) is 68.8 Å². The van der Waals surface area contributed by atoms with Gasteiger partial charge in [0.1, 0.15) is 5.75 Å². The van der Waals surface area contributed by atoms with E-state index in [0.717, 1.165) is 17.0 Å². The van der Waals surface area contributed by atoms with Gasteiger partial charge < -0.3 is 15.4 Å². The van der Waals surface area contributed by atoms with Gasteiger partial charge in [0.15, 0.2) is 0 Å². The lowest BCUT2D eigenvalue weighted by molar-refractivity contribution is 0.102. The normalized spacial score (nSPS) is 10.6. The first kappa shape index (κ1) is 19.7. The number of ether oxygens (including phenoxy) is 1. The highest BCUT2D eigenvalue weighted by Crippen LogP contribution is 2.23. The molecule has 6 heteroatoms. The van der Waals surface area contributed by atoms with Gasteiger partial charge in [0, 0.05) is 22.6 Å². The molecule has 5 nitrogen and oxygen atoms in total. The summed E-state index contributed by atoms with van der Waals surface area (Å²) in [4.78, 5) is 16.8. The van der Waals surface area contributed by atoms with Gasteiger partial charge in [0.25, 0.3) is 5.91 Å². The zero-order valence-electron chi connectivity index (χ0n) is 16.0. The number of halogens is 1. The SMILES string of the molecule is Cc1ccc(Cl)cc1NC(=O)c1cncc(Nc2ccc(OC(C)C)cc2)c1. The number of carbonyl (C=O) groups excluding carboxylic acids is 1. The molecule has 2 aromatic carbocycles. The van der Waals surface area contributed by atoms with Gasteiger partial charge in [-0.1, -0.05) is 17.7 Å². The Hall–Kier alpha value is -3.05. The van der Waals surface area contributed by atoms with E-state index in [2.05, 4.69) is 15.6 Å². The van der Waals surface area contributed by atoms with Crippen molar-refractivity contribution < 1.29 is 9.53 Å². The maximum Gasteiger partial charge on any atom is 0.257 e. The van der Waals surface area contributed by atoms with Gasteiger partial charge in [-0.15, -0.1) is 0 Å². The van der Waals surface area contributed by atoms with Crippen LogP contribution in [0.5, 0.6) is 5.75 Å². The highest BCUT2D eigenvalue weighted by atomic mass is 35.5. The number of nitrogens with one attached hydrogen (secondary N) is 2. The molecule has 1 heterocycles. The Morgan fingerprint density at radius 2 is 1.79 bits per heavy atom. The quantitative estimate of drug-likeness (QED) is 0.551. The van der Waals surface area contributed by atoms with Crippen molar-refractivity contribution in [1.29, 1.82) is 0 Å². The summed E-state index contributed by atoms with van der Waals surface area (Å²) in [6.07, 6.45) is 3.32. The molecule has 0 saturated carbocycles. The number of carbonyl (C=O) groups is 1. The Kier molecular flexibility index (Phi) is 6.16. The Bertz CT molecular complexity index is 972. The summed E-state index contributed by atoms with van der Waals surface area (Å²) in [7, 11) is 0. The molecule has 0 saturated heterocycles. The van der Waals surface area contributed by atoms with Crippen LogP contribution in [0.4, 0.5) is 17.1 Å². The maximum atomic E-state index is 12.6. The van der Waals surface area contributed by atoms with E-state index >= 15 is 0 Å². The number of hydrogen-bond donors (Lipinski definition) is 2. The first-order valence-electron chi connectivity index (χ1n) is 8.97. The van der Waals surface area contributed by atoms with Crippen molar-refractivity contribution in [1.82, 2.24) is 4.98 Å². The van der Waals surface area contributed by atoms with Gasteiger partial charge in [0.05, 0.1) is 23.6 Å². The molecule has 3 aromatic rings. The molecule has 3 rings (SSSR count). The number of pyridine rings is 1. The minimum atomic E-state index is -0.248. The van der Waals surface area contributed by atoms with Crippen LogP contribution < -0.4 is 15.4 Å². The van der Waals surface area contributed by atoms with Crippen LogP contribution in [0, 0.1) is 6.92 Å². The Labute approximate surface area is 169 Å². The maximum absolute atomic E-state index is 12.6. The summed E-state index contributed by atoms with van der Waals surface area (Å²) in [6.45, 7) is 5.88. The molecule has 0 atom stereocenters. The van der Waals surface area contributed by atoms with Crippen molar-refractivity contribution in [3.63, 3.8) is 0 Å². The lowest BCUT2D eigenvalue weighted by Gasteiger charge is -2.12. The lowest BCUT2D eigenvalue weighted by Crippen LogP contribution is -2.13. The largest absolute Gasteiger partial charge is 0.491 e. The van der Waals surface area contributed by atoms with E-state index in [1.807, 2.05) is 51.1 Å². The second kappa shape index (κ2) is 8.76. The minimum Gasteiger partial charge on any atom is -0.491 e. The summed E-state index contributed by atoms with van der Waals surface area (Å²) < 4.78 is 5.64. The molecule has 2 N–H and O–H groups in total. The number of benzene rings is 2. The number of amides is 1. The van der Waals surface area contributed by atoms with Crippen molar-refractivity contribution in [2.24, 2.45) is 0 Å². The number of anilines is 3. The lowest BCUT2D eigenvalue weighted by atomic mass is 10.2. The summed E-state index contributed by atoms with van der Waals surface area (Å²) in [5.41, 5.74) is 3.65. The zero-order chi connectivity index (χ0) is 20.1. The molecule has 0 aliphatic carbocycles. The molecule has 28 heavy (non-hydrogen) atoms. The molecular formula is C22H22ClN3O2. The van der Waals surface area contributed by atoms with Crippen LogP contribution in [-0.2, 0) is 0 Å². The van der Waals surface area contributed by atoms with E-state index in [1.54, 1.807) is 24.4 Å². The third kappa shape index (κ3) is 5.24. The Balaban J connectivity index is 1.71. The molecule has 144 valence electrons. The van der Waals surface area contributed by atoms with Crippen LogP contribution in [0.1, 0.15) is 29.8 Å². The topological polar surface area (TPSA) is 63.2 Å². The third-order valence-electron chi connectivity index (χ3n) is 3.96. The third-order valence-corrected chi connectivity index (χ3v) is 4.20. The van der Waals surface area contributed by atoms with Gasteiger partial charge in [-0.25, -0.2) is 0 Å². The van der Waals surface area contributed by atoms with Gasteiger partial charge >= 0.3 is 0 Å². The summed E-state index contributed by atoms with van der Waals surface area (Å²) in [5.74, 6) is 0.561. The van der Waals surface area contributed by atoms with Crippen molar-refractivity contribution in [2.45, 2.75) is 26.9 Å². The number of rotatable bonds is 6. The van der Waals surface area contributed by atoms with Crippen molar-refractivity contribution in [2.75, 3.05) is 10.6 Å². The molecule has 0 fully saturated rings. The van der Waals surface area contributed by atoms with Gasteiger partial charge in [0.2, 0.25) is 0 Å². The van der Waals surface area contributed by atoms with Gasteiger partial charge in [-0.3, -0.25) is 9.78 Å². The second-order valence-corrected chi connectivity index (χ2v) is 7.13. The van der Waals surface area contributed by atoms with Crippen LogP contribution in [0.25, 0.3) is 0 Å². The van der Waals surface area contributed by atoms with Crippen LogP contribution >= 0.6 is 11.6 Å². The fourth-order valence-corrected chi connectivity index (χ4v) is 2.78. The Morgan fingerprint density at radius 3 is 2.50 bits per heavy atom. The predicted octanol–water partition coefficient (Wildman–Crippen LogP) is 5.83. The van der Waals surface area contributed by atoms with Crippen LogP contribution in [0.2, 0.25) is 5.02 Å². The van der Waals surface area contributed by atoms with E-state index in [0.29, 0.717) is 22.0 Å². The molecule has 0 unspecified atom stereocenters. The molecule has 0 aliphatic heterocycles. The molecule has 0 radical (unpaired) electrons. The van der Waals surface area contributed by atoms with E-state index in [4.69, 9.17) is 16.3 Å². The highest BCUT2D eigenvalue weighted by molar-refractivity contribution is 6.31. The highest BCUT2D eigenvalue weighted by Gasteiger charge is 2.10. The first-order valence-corrected chi connectivity index (χ1v) is 9.35. The average molecular weight is 396 g/mol. The standard InChI is InChI=1S/C22H22ClN3O2/c1-14(2)28-20-8-6-18(7-9-20)25-19-10-16(12-24-13-19)22(27)26-21-11-17(23)5-4-15(21)3/h4-14,25H,1-3H3,(H,26,27). The number of nitrogens with zero attached hydrogens (tertiary/aromatic N) is 1. The van der Waals surface area contributed by atoms with E-state index < -0.39 is 0 Å². The van der Waals surface area contributed by atoms with Crippen molar-refractivity contribution in [3.05, 3.63) is 77.1 Å². The summed E-state index contributed by atoms with van der Waals surface area (Å²) in [5, 5.41) is 6.69. The molecule has 1 aromatic heterocycles. The summed E-state index contributed by atoms with van der Waals surface area (Å²) >= 11 is 6.02. The van der Waals surface area contributed by atoms with Gasteiger partial charge in [-0.2, -0.15) is 0 Å². The predicted molar refractivity (Wildman–Crippen MR) is 114 cm³/mol. The molecule has 1 amide bonds. The molecule has 0 bridgehead atoms. The second-order valence-electron chi connectivity index (χ2n) is 6.69. The summed E-state index contributed by atoms with van der Waals surface area (Å²) in [6, 6.07) is 14.8. The first-order chi connectivity index (χ1) is 13.4. The monoisotopic (exact) mass is 395 g/mol. The number of aryl methyl sites for hydroxylation is 1. The number of hydrogen-bond acceptors (Lipinski definition) is 4. The van der Waals surface area contributed by atoms with Crippen molar-refractivity contribution in [3.8, 4) is 5.75 Å². The van der Waals surface area contributed by atoms with E-state index in [-0.39, 0.29) is 12.0 Å². The average Bonchev–Trinajstić information content (AvgIpc) is 2.66. The van der Waals surface area contributed by atoms with Crippen LogP contribution in [0.15, 0.2) is 60.9 Å². The smallest absolute Gasteiger partial charge is 0.257 e. The zero-order valence-corrected chi connectivity index (χ0v) is 16.7. The Morgan fingerprint density at radius 1 is 1.04 bits per heavy atom. The number of aromatic nitrogens is 1. The van der Waals surface area contributed by atoms with Crippen LogP contribution in [-0.4, -0.2) is 17.0 Å². The minimum absolute atomic E-state index is 0.126. The van der Waals surface area contributed by atoms with E-state index in [9.17, 15) is 4.79 Å². The molecule has 0 spiro atoms. The van der Waals surface area contributed by atoms with Crippen LogP contribution in [0.3, 0.4) is 0 Å². The molecular weight excluding hydrogens is 374 g/mol. The molecule has 0 aliphatic rings. The fourth-order valence-electron chi connectivity index (χ4n) is 2.61. The van der Waals surface area contributed by atoms with Crippen molar-refractivity contribution >= 4 is 34.6 Å².